The van der Waals surface area contributed by atoms with Crippen molar-refractivity contribution < 1.29 is 13.2 Å². The number of sulfonamides is 1. The molecular weight excluding hydrogens is 535 g/mol. The summed E-state index contributed by atoms with van der Waals surface area (Å²) in [5.41, 5.74) is 1.77. The van der Waals surface area contributed by atoms with Gasteiger partial charge in [-0.05, 0) is 54.4 Å². The van der Waals surface area contributed by atoms with E-state index in [0.717, 1.165) is 9.87 Å². The fraction of sp³-hybridized carbons (Fsp3) is 0.208. The zero-order valence-corrected chi connectivity index (χ0v) is 22.2. The first-order chi connectivity index (χ1) is 16.2. The van der Waals surface area contributed by atoms with E-state index in [0.29, 0.717) is 44.4 Å². The lowest BCUT2D eigenvalue weighted by atomic mass is 10.2. The van der Waals surface area contributed by atoms with Crippen molar-refractivity contribution in [2.45, 2.75) is 17.6 Å². The van der Waals surface area contributed by atoms with Crippen molar-refractivity contribution >= 4 is 68.2 Å². The summed E-state index contributed by atoms with van der Waals surface area (Å²) in [5.74, 6) is 0.787. The summed E-state index contributed by atoms with van der Waals surface area (Å²) in [6.45, 7) is 1.71. The average Bonchev–Trinajstić information content (AvgIpc) is 2.81. The zero-order chi connectivity index (χ0) is 24.7. The van der Waals surface area contributed by atoms with Crippen molar-refractivity contribution in [3.63, 3.8) is 0 Å². The molecule has 10 heteroatoms. The Labute approximate surface area is 219 Å². The van der Waals surface area contributed by atoms with Crippen molar-refractivity contribution in [3.05, 3.63) is 92.9 Å². The molecule has 180 valence electrons. The predicted octanol–water partition coefficient (Wildman–Crippen LogP) is 6.20. The number of nitrogens with zero attached hydrogens (tertiary/aromatic N) is 1. The van der Waals surface area contributed by atoms with Crippen LogP contribution in [0.3, 0.4) is 0 Å². The van der Waals surface area contributed by atoms with E-state index in [4.69, 9.17) is 34.8 Å². The normalized spacial score (nSPS) is 11.3. The third kappa shape index (κ3) is 6.61. The Hall–Kier alpha value is -1.90. The lowest BCUT2D eigenvalue weighted by Gasteiger charge is -2.26. The van der Waals surface area contributed by atoms with Crippen LogP contribution in [0.2, 0.25) is 15.1 Å². The maximum Gasteiger partial charge on any atom is 0.264 e. The standard InChI is InChI=1S/C24H23Cl3N2O3S2/c1-17-20(25)9-6-12-23(17)29(34(31,32)18-7-3-2-4-8-18)15-24(30)28-13-14-33-16-19-21(26)10-5-11-22(19)27/h2-12H,13-16H2,1H3,(H,28,30). The van der Waals surface area contributed by atoms with Gasteiger partial charge in [-0.3, -0.25) is 9.10 Å². The molecule has 1 amide bonds. The molecule has 0 bridgehead atoms. The van der Waals surface area contributed by atoms with Crippen LogP contribution in [0.15, 0.2) is 71.6 Å². The Morgan fingerprint density at radius 2 is 1.53 bits per heavy atom. The molecule has 0 spiro atoms. The SMILES string of the molecule is Cc1c(Cl)cccc1N(CC(=O)NCCSCc1c(Cl)cccc1Cl)S(=O)(=O)c1ccccc1. The van der Waals surface area contributed by atoms with Crippen molar-refractivity contribution in [2.24, 2.45) is 0 Å². The van der Waals surface area contributed by atoms with Crippen LogP contribution in [0, 0.1) is 6.92 Å². The Morgan fingerprint density at radius 1 is 0.912 bits per heavy atom. The number of hydrogen-bond donors (Lipinski definition) is 1. The van der Waals surface area contributed by atoms with Gasteiger partial charge in [0.2, 0.25) is 5.91 Å². The van der Waals surface area contributed by atoms with Crippen LogP contribution in [0.4, 0.5) is 5.69 Å². The first-order valence-corrected chi connectivity index (χ1v) is 14.0. The Bertz CT molecular complexity index is 1240. The minimum atomic E-state index is -3.99. The third-order valence-corrected chi connectivity index (χ3v) is 8.88. The molecule has 0 aliphatic carbocycles. The summed E-state index contributed by atoms with van der Waals surface area (Å²) in [6.07, 6.45) is 0. The molecule has 0 unspecified atom stereocenters. The molecule has 0 heterocycles. The molecule has 0 fully saturated rings. The molecule has 0 aromatic heterocycles. The van der Waals surface area contributed by atoms with E-state index in [9.17, 15) is 13.2 Å². The Kier molecular flexibility index (Phi) is 9.56. The van der Waals surface area contributed by atoms with Crippen LogP contribution >= 0.6 is 46.6 Å². The van der Waals surface area contributed by atoms with E-state index in [-0.39, 0.29) is 11.4 Å². The molecule has 3 aromatic rings. The monoisotopic (exact) mass is 556 g/mol. The van der Waals surface area contributed by atoms with Crippen LogP contribution in [0.25, 0.3) is 0 Å². The average molecular weight is 558 g/mol. The van der Waals surface area contributed by atoms with Gasteiger partial charge in [-0.2, -0.15) is 11.8 Å². The first kappa shape index (κ1) is 26.7. The largest absolute Gasteiger partial charge is 0.354 e. The van der Waals surface area contributed by atoms with Gasteiger partial charge in [-0.15, -0.1) is 0 Å². The number of hydrogen-bond acceptors (Lipinski definition) is 4. The highest BCUT2D eigenvalue weighted by atomic mass is 35.5. The van der Waals surface area contributed by atoms with Crippen LogP contribution in [-0.4, -0.2) is 33.2 Å². The van der Waals surface area contributed by atoms with Gasteiger partial charge in [0.25, 0.3) is 10.0 Å². The summed E-state index contributed by atoms with van der Waals surface area (Å²) < 4.78 is 27.9. The number of carbonyl (C=O) groups is 1. The van der Waals surface area contributed by atoms with Gasteiger partial charge in [0.05, 0.1) is 10.6 Å². The molecule has 3 aromatic carbocycles. The van der Waals surface area contributed by atoms with Crippen LogP contribution in [0.1, 0.15) is 11.1 Å². The van der Waals surface area contributed by atoms with Gasteiger partial charge in [0.1, 0.15) is 6.54 Å². The molecular formula is C24H23Cl3N2O3S2. The summed E-state index contributed by atoms with van der Waals surface area (Å²) in [5, 5.41) is 4.41. The number of nitrogens with one attached hydrogen (secondary N) is 1. The van der Waals surface area contributed by atoms with Crippen LogP contribution in [0.5, 0.6) is 0 Å². The number of benzene rings is 3. The minimum Gasteiger partial charge on any atom is -0.354 e. The number of halogens is 3. The van der Waals surface area contributed by atoms with E-state index in [1.807, 2.05) is 0 Å². The summed E-state index contributed by atoms with van der Waals surface area (Å²) in [6, 6.07) is 18.3. The highest BCUT2D eigenvalue weighted by Gasteiger charge is 2.28. The smallest absolute Gasteiger partial charge is 0.264 e. The maximum atomic E-state index is 13.4. The fourth-order valence-electron chi connectivity index (χ4n) is 3.18. The molecule has 34 heavy (non-hydrogen) atoms. The van der Waals surface area contributed by atoms with Gasteiger partial charge in [-0.25, -0.2) is 8.42 Å². The second-order valence-corrected chi connectivity index (χ2v) is 11.5. The van der Waals surface area contributed by atoms with Crippen molar-refractivity contribution in [3.8, 4) is 0 Å². The third-order valence-electron chi connectivity index (χ3n) is 5.00. The number of rotatable bonds is 10. The van der Waals surface area contributed by atoms with E-state index in [2.05, 4.69) is 5.32 Å². The molecule has 0 saturated carbocycles. The summed E-state index contributed by atoms with van der Waals surface area (Å²) >= 11 is 20.2. The lowest BCUT2D eigenvalue weighted by Crippen LogP contribution is -2.41. The quantitative estimate of drug-likeness (QED) is 0.301. The maximum absolute atomic E-state index is 13.4. The topological polar surface area (TPSA) is 66.5 Å². The minimum absolute atomic E-state index is 0.0920. The van der Waals surface area contributed by atoms with Crippen LogP contribution in [-0.2, 0) is 20.6 Å². The Morgan fingerprint density at radius 3 is 2.21 bits per heavy atom. The summed E-state index contributed by atoms with van der Waals surface area (Å²) in [4.78, 5) is 12.8. The number of carbonyl (C=O) groups excluding carboxylic acids is 1. The first-order valence-electron chi connectivity index (χ1n) is 10.3. The molecule has 5 nitrogen and oxygen atoms in total. The number of amides is 1. The van der Waals surface area contributed by atoms with Crippen molar-refractivity contribution in [1.82, 2.24) is 5.32 Å². The van der Waals surface area contributed by atoms with E-state index >= 15 is 0 Å². The highest BCUT2D eigenvalue weighted by Crippen LogP contribution is 2.31. The van der Waals surface area contributed by atoms with Gasteiger partial charge in [-0.1, -0.05) is 65.1 Å². The van der Waals surface area contributed by atoms with Gasteiger partial charge in [0, 0.05) is 33.1 Å². The highest BCUT2D eigenvalue weighted by molar-refractivity contribution is 7.98. The lowest BCUT2D eigenvalue weighted by molar-refractivity contribution is -0.119. The predicted molar refractivity (Wildman–Crippen MR) is 143 cm³/mol. The van der Waals surface area contributed by atoms with E-state index in [1.54, 1.807) is 73.3 Å². The molecule has 0 aliphatic heterocycles. The summed E-state index contributed by atoms with van der Waals surface area (Å²) in [7, 11) is -3.99. The fourth-order valence-corrected chi connectivity index (χ4v) is 6.44. The van der Waals surface area contributed by atoms with Crippen molar-refractivity contribution in [2.75, 3.05) is 23.1 Å². The Balaban J connectivity index is 1.68. The van der Waals surface area contributed by atoms with E-state index < -0.39 is 15.9 Å². The van der Waals surface area contributed by atoms with Crippen LogP contribution < -0.4 is 9.62 Å². The molecule has 0 aliphatic rings. The number of anilines is 1. The van der Waals surface area contributed by atoms with Gasteiger partial charge >= 0.3 is 0 Å². The molecule has 3 rings (SSSR count). The second kappa shape index (κ2) is 12.2. The molecule has 0 radical (unpaired) electrons. The van der Waals surface area contributed by atoms with Gasteiger partial charge < -0.3 is 5.32 Å². The number of thioether (sulfide) groups is 1. The molecule has 1 N–H and O–H groups in total. The molecule has 0 saturated heterocycles. The zero-order valence-electron chi connectivity index (χ0n) is 18.3. The van der Waals surface area contributed by atoms with Crippen molar-refractivity contribution in [1.29, 1.82) is 0 Å². The second-order valence-electron chi connectivity index (χ2n) is 7.31. The molecule has 0 atom stereocenters. The van der Waals surface area contributed by atoms with E-state index in [1.165, 1.54) is 12.1 Å². The van der Waals surface area contributed by atoms with Gasteiger partial charge in [0.15, 0.2) is 0 Å².